The third kappa shape index (κ3) is 4.94. The van der Waals surface area contributed by atoms with E-state index in [0.717, 1.165) is 24.7 Å². The fourth-order valence-corrected chi connectivity index (χ4v) is 3.41. The highest BCUT2D eigenvalue weighted by Crippen LogP contribution is 2.28. The van der Waals surface area contributed by atoms with Gasteiger partial charge in [0.1, 0.15) is 6.33 Å². The first-order chi connectivity index (χ1) is 13.9. The number of benzene rings is 1. The van der Waals surface area contributed by atoms with Gasteiger partial charge in [-0.1, -0.05) is 11.6 Å². The molecule has 0 saturated heterocycles. The van der Waals surface area contributed by atoms with Crippen LogP contribution in [0.4, 0.5) is 13.2 Å². The number of hydrogen-bond donors (Lipinski definition) is 1. The van der Waals surface area contributed by atoms with Crippen LogP contribution in [0.25, 0.3) is 5.82 Å². The summed E-state index contributed by atoms with van der Waals surface area (Å²) in [5.74, 6) is -0.356. The van der Waals surface area contributed by atoms with Crippen molar-refractivity contribution in [2.24, 2.45) is 0 Å². The van der Waals surface area contributed by atoms with Gasteiger partial charge >= 0.3 is 6.18 Å². The number of halogens is 4. The molecule has 158 valence electrons. The first-order valence-corrected chi connectivity index (χ1v) is 10.4. The van der Waals surface area contributed by atoms with Crippen molar-refractivity contribution < 1.29 is 26.4 Å². The summed E-state index contributed by atoms with van der Waals surface area (Å²) in [5.41, 5.74) is -0.898. The molecule has 0 radical (unpaired) electrons. The SMILES string of the molecule is CS(=O)(=O)c1cc(Cl)cc(C(=O)NCc2ncnn2-c2ccc(C(F)(F)F)cn2)c1. The van der Waals surface area contributed by atoms with Gasteiger partial charge in [0, 0.05) is 23.0 Å². The molecule has 0 saturated carbocycles. The molecule has 13 heteroatoms. The fraction of sp³-hybridized carbons (Fsp3) is 0.176. The number of sulfone groups is 1. The number of nitrogens with zero attached hydrogens (tertiary/aromatic N) is 4. The van der Waals surface area contributed by atoms with Crippen molar-refractivity contribution in [3.63, 3.8) is 0 Å². The lowest BCUT2D eigenvalue weighted by atomic mass is 10.2. The molecule has 0 unspecified atom stereocenters. The second kappa shape index (κ2) is 8.03. The van der Waals surface area contributed by atoms with E-state index in [-0.39, 0.29) is 33.7 Å². The van der Waals surface area contributed by atoms with Gasteiger partial charge in [0.25, 0.3) is 5.91 Å². The van der Waals surface area contributed by atoms with E-state index in [1.807, 2.05) is 0 Å². The molecule has 0 aliphatic rings. The zero-order chi connectivity index (χ0) is 22.1. The smallest absolute Gasteiger partial charge is 0.345 e. The molecule has 2 aromatic heterocycles. The van der Waals surface area contributed by atoms with Gasteiger partial charge in [-0.05, 0) is 30.3 Å². The minimum atomic E-state index is -4.52. The first kappa shape index (κ1) is 21.7. The Morgan fingerprint density at radius 2 is 1.93 bits per heavy atom. The van der Waals surface area contributed by atoms with Gasteiger partial charge in [0.15, 0.2) is 21.5 Å². The molecular weight excluding hydrogens is 447 g/mol. The highest BCUT2D eigenvalue weighted by molar-refractivity contribution is 7.90. The molecule has 30 heavy (non-hydrogen) atoms. The Morgan fingerprint density at radius 3 is 2.53 bits per heavy atom. The number of carbonyl (C=O) groups excluding carboxylic acids is 1. The maximum Gasteiger partial charge on any atom is 0.417 e. The maximum absolute atomic E-state index is 12.7. The van der Waals surface area contributed by atoms with Crippen LogP contribution >= 0.6 is 11.6 Å². The number of pyridine rings is 1. The molecule has 0 aliphatic heterocycles. The van der Waals surface area contributed by atoms with Gasteiger partial charge in [-0.3, -0.25) is 4.79 Å². The number of nitrogens with one attached hydrogen (secondary N) is 1. The number of rotatable bonds is 5. The van der Waals surface area contributed by atoms with Crippen LogP contribution in [0.3, 0.4) is 0 Å². The summed E-state index contributed by atoms with van der Waals surface area (Å²) in [6.45, 7) is -0.151. The molecule has 0 bridgehead atoms. The lowest BCUT2D eigenvalue weighted by molar-refractivity contribution is -0.137. The Bertz CT molecular complexity index is 1190. The van der Waals surface area contributed by atoms with Crippen LogP contribution in [0.15, 0.2) is 47.8 Å². The van der Waals surface area contributed by atoms with E-state index >= 15 is 0 Å². The number of alkyl halides is 3. The molecule has 0 spiro atoms. The maximum atomic E-state index is 12.7. The van der Waals surface area contributed by atoms with Crippen LogP contribution in [-0.4, -0.2) is 40.3 Å². The van der Waals surface area contributed by atoms with Gasteiger partial charge in [0.05, 0.1) is 17.0 Å². The molecule has 2 heterocycles. The van der Waals surface area contributed by atoms with Gasteiger partial charge < -0.3 is 5.32 Å². The van der Waals surface area contributed by atoms with E-state index in [2.05, 4.69) is 20.4 Å². The highest BCUT2D eigenvalue weighted by atomic mass is 35.5. The number of amides is 1. The van der Waals surface area contributed by atoms with Gasteiger partial charge in [-0.15, -0.1) is 0 Å². The summed E-state index contributed by atoms with van der Waals surface area (Å²) >= 11 is 5.89. The van der Waals surface area contributed by atoms with Crippen molar-refractivity contribution in [1.29, 1.82) is 0 Å². The predicted molar refractivity (Wildman–Crippen MR) is 99.9 cm³/mol. The summed E-state index contributed by atoms with van der Waals surface area (Å²) in [7, 11) is -3.58. The quantitative estimate of drug-likeness (QED) is 0.628. The van der Waals surface area contributed by atoms with Gasteiger partial charge in [-0.2, -0.15) is 23.0 Å². The second-order valence-electron chi connectivity index (χ2n) is 6.12. The molecule has 3 rings (SSSR count). The second-order valence-corrected chi connectivity index (χ2v) is 8.57. The van der Waals surface area contributed by atoms with Crippen LogP contribution < -0.4 is 5.32 Å². The monoisotopic (exact) mass is 459 g/mol. The van der Waals surface area contributed by atoms with Gasteiger partial charge in [0.2, 0.25) is 0 Å². The van der Waals surface area contributed by atoms with Crippen molar-refractivity contribution in [2.45, 2.75) is 17.6 Å². The number of carbonyl (C=O) groups is 1. The molecule has 1 N–H and O–H groups in total. The number of aromatic nitrogens is 4. The molecule has 1 amide bonds. The van der Waals surface area contributed by atoms with Crippen LogP contribution in [0.5, 0.6) is 0 Å². The zero-order valence-electron chi connectivity index (χ0n) is 15.2. The number of hydrogen-bond acceptors (Lipinski definition) is 6. The van der Waals surface area contributed by atoms with Crippen molar-refractivity contribution >= 4 is 27.3 Å². The first-order valence-electron chi connectivity index (χ1n) is 8.16. The highest BCUT2D eigenvalue weighted by Gasteiger charge is 2.30. The van der Waals surface area contributed by atoms with Crippen LogP contribution in [0, 0.1) is 0 Å². The van der Waals surface area contributed by atoms with Crippen LogP contribution in [-0.2, 0) is 22.6 Å². The third-order valence-corrected chi connectivity index (χ3v) is 5.19. The molecule has 0 aliphatic carbocycles. The Morgan fingerprint density at radius 1 is 1.20 bits per heavy atom. The Kier molecular flexibility index (Phi) is 5.81. The summed E-state index contributed by atoms with van der Waals surface area (Å²) in [4.78, 5) is 20.0. The predicted octanol–water partition coefficient (Wildman–Crippen LogP) is 2.67. The Balaban J connectivity index is 1.78. The van der Waals surface area contributed by atoms with Crippen LogP contribution in [0.2, 0.25) is 5.02 Å². The van der Waals surface area contributed by atoms with E-state index in [0.29, 0.717) is 6.20 Å². The van der Waals surface area contributed by atoms with E-state index in [1.165, 1.54) is 22.9 Å². The topological polar surface area (TPSA) is 107 Å². The minimum absolute atomic E-state index is 0.0154. The van der Waals surface area contributed by atoms with Crippen molar-refractivity contribution in [3.05, 3.63) is 64.8 Å². The molecule has 8 nitrogen and oxygen atoms in total. The van der Waals surface area contributed by atoms with Gasteiger partial charge in [-0.25, -0.2) is 18.4 Å². The van der Waals surface area contributed by atoms with E-state index in [4.69, 9.17) is 11.6 Å². The average Bonchev–Trinajstić information content (AvgIpc) is 3.13. The van der Waals surface area contributed by atoms with E-state index in [9.17, 15) is 26.4 Å². The molecule has 1 aromatic carbocycles. The normalized spacial score (nSPS) is 12.0. The standard InChI is InChI=1S/C17H13ClF3N5O3S/c1-30(28,29)13-5-10(4-12(18)6-13)16(27)23-8-15-24-9-25-26(15)14-3-2-11(7-22-14)17(19,20)21/h2-7,9H,8H2,1H3,(H,23,27). The fourth-order valence-electron chi connectivity index (χ4n) is 2.43. The summed E-state index contributed by atoms with van der Waals surface area (Å²) in [6, 6.07) is 5.68. The zero-order valence-corrected chi connectivity index (χ0v) is 16.8. The summed E-state index contributed by atoms with van der Waals surface area (Å²) < 4.78 is 62.6. The van der Waals surface area contributed by atoms with Crippen LogP contribution in [0.1, 0.15) is 21.7 Å². The Labute approximate surface area is 173 Å². The van der Waals surface area contributed by atoms with E-state index < -0.39 is 27.5 Å². The van der Waals surface area contributed by atoms with Crippen molar-refractivity contribution in [1.82, 2.24) is 25.1 Å². The molecule has 3 aromatic rings. The third-order valence-electron chi connectivity index (χ3n) is 3.88. The molecule has 0 atom stereocenters. The summed E-state index contributed by atoms with van der Waals surface area (Å²) in [6.07, 6.45) is -1.72. The largest absolute Gasteiger partial charge is 0.417 e. The van der Waals surface area contributed by atoms with Crippen molar-refractivity contribution in [3.8, 4) is 5.82 Å². The molecular formula is C17H13ClF3N5O3S. The minimum Gasteiger partial charge on any atom is -0.345 e. The lowest BCUT2D eigenvalue weighted by Gasteiger charge is -2.10. The molecule has 0 fully saturated rings. The lowest BCUT2D eigenvalue weighted by Crippen LogP contribution is -2.25. The van der Waals surface area contributed by atoms with Crippen molar-refractivity contribution in [2.75, 3.05) is 6.26 Å². The Hall–Kier alpha value is -2.99. The average molecular weight is 460 g/mol. The van der Waals surface area contributed by atoms with E-state index in [1.54, 1.807) is 0 Å². The summed E-state index contributed by atoms with van der Waals surface area (Å²) in [5, 5.41) is 6.50.